The summed E-state index contributed by atoms with van der Waals surface area (Å²) in [4.78, 5) is 16.2. The van der Waals surface area contributed by atoms with Gasteiger partial charge in [-0.25, -0.2) is 28.1 Å². The highest BCUT2D eigenvalue weighted by atomic mass is 79.9. The van der Waals surface area contributed by atoms with Gasteiger partial charge in [-0.15, -0.1) is 22.0 Å². The number of nitriles is 2. The van der Waals surface area contributed by atoms with Crippen molar-refractivity contribution in [1.82, 2.24) is 49.9 Å². The lowest BCUT2D eigenvalue weighted by molar-refractivity contribution is 0.425. The van der Waals surface area contributed by atoms with Crippen molar-refractivity contribution in [3.05, 3.63) is 175 Å². The van der Waals surface area contributed by atoms with Gasteiger partial charge in [-0.1, -0.05) is 76.2 Å². The van der Waals surface area contributed by atoms with Gasteiger partial charge in [0.25, 0.3) is 0 Å². The van der Waals surface area contributed by atoms with Gasteiger partial charge in [0.2, 0.25) is 0 Å². The Balaban J connectivity index is 0.000000177. The summed E-state index contributed by atoms with van der Waals surface area (Å²) in [7, 11) is -1.47. The van der Waals surface area contributed by atoms with Crippen LogP contribution in [0, 0.1) is 45.1 Å². The van der Waals surface area contributed by atoms with E-state index in [1.165, 1.54) is 54.7 Å². The second-order valence-electron chi connectivity index (χ2n) is 22.9. The lowest BCUT2D eigenvalue weighted by Gasteiger charge is -2.22. The van der Waals surface area contributed by atoms with Gasteiger partial charge in [-0.05, 0) is 158 Å². The first-order valence-corrected chi connectivity index (χ1v) is 29.8. The van der Waals surface area contributed by atoms with Crippen molar-refractivity contribution in [3.63, 3.8) is 0 Å². The standard InChI is InChI=1S/C29H30BrFN6S.C28H28BrFN6.C4H5BN2O2/c1-29(2,3)16-34-25-19(14-32)15-33-26-23(25)12-17(13-24(26)30)11-22(18-5-7-20(31)8-6-18)27-28(38-4)37(36-35-27)21-9-10-21;1-28(2,3)16-33-26-19(13-31)14-32-27-23(26)11-17(12-24(27)29)10-22(18-4-6-20(30)7-5-18)25-15-36(35-34-25)21-8-9-21;8-5(9)4-1-6-3-7-2-4/h5-8,12-13,15,21-22H,9-11,16H2,1-4H3,(H,33,34);4-7,11-12,14-15,21-22H,8-10,16H2,1-3H3,(H,32,33);1-3,8-9H/t2*22-;/m11./s1/i2*22D;. The fourth-order valence-electron chi connectivity index (χ4n) is 9.07. The van der Waals surface area contributed by atoms with Crippen LogP contribution in [0.3, 0.4) is 0 Å². The Morgan fingerprint density at radius 1 is 0.711 bits per heavy atom. The van der Waals surface area contributed by atoms with Crippen molar-refractivity contribution in [2.75, 3.05) is 30.0 Å². The number of fused-ring (bicyclic) bond motifs is 2. The third-order valence-corrected chi connectivity index (χ3v) is 15.6. The number of halogens is 4. The maximum Gasteiger partial charge on any atom is 0.491 e. The van der Waals surface area contributed by atoms with Gasteiger partial charge in [-0.2, -0.15) is 10.5 Å². The van der Waals surface area contributed by atoms with E-state index in [4.69, 9.17) is 10.0 Å². The van der Waals surface area contributed by atoms with E-state index in [9.17, 15) is 22.0 Å². The molecule has 5 aromatic heterocycles. The zero-order chi connectivity index (χ0) is 61.0. The number of nitrogens with zero attached hydrogens (tertiary/aromatic N) is 12. The van der Waals surface area contributed by atoms with Gasteiger partial charge < -0.3 is 20.7 Å². The molecular weight excluding hydrogens is 1200 g/mol. The third-order valence-electron chi connectivity index (χ3n) is 13.6. The van der Waals surface area contributed by atoms with Gasteiger partial charge in [0.05, 0.1) is 51.3 Å². The number of rotatable bonds is 16. The highest BCUT2D eigenvalue weighted by Gasteiger charge is 2.32. The maximum absolute atomic E-state index is 13.9. The zero-order valence-electron chi connectivity index (χ0n) is 49.0. The molecule has 2 aliphatic carbocycles. The number of benzene rings is 4. The first kappa shape index (κ1) is 57.6. The minimum absolute atomic E-state index is 0.00230. The van der Waals surface area contributed by atoms with Crippen LogP contribution in [0.4, 0.5) is 20.2 Å². The fraction of sp³-hybridized carbons (Fsp3) is 0.344. The van der Waals surface area contributed by atoms with Crippen molar-refractivity contribution < 1.29 is 21.6 Å². The Kier molecular flexibility index (Phi) is 18.2. The van der Waals surface area contributed by atoms with E-state index < -0.39 is 18.9 Å². The smallest absolute Gasteiger partial charge is 0.423 e. The fourth-order valence-corrected chi connectivity index (χ4v) is 11.0. The van der Waals surface area contributed by atoms with E-state index >= 15 is 0 Å². The van der Waals surface area contributed by atoms with E-state index in [0.717, 1.165) is 84.0 Å². The SMILES string of the molecule is OB(O)c1cncnc1.[2H][C@@](Cc1cc(Br)c2ncc(C#N)c(NCC(C)(C)C)c2c1)(c1ccc(F)cc1)c1cn(C2CC2)nn1.[2H][C@@](Cc1cc(Br)c2ncc(C#N)c(NCC(C)(C)C)c2c1)(c1ccc(F)cc1)c1nnn(C2CC2)c1SC. The Morgan fingerprint density at radius 2 is 1.19 bits per heavy atom. The molecule has 2 saturated carbocycles. The van der Waals surface area contributed by atoms with Crippen molar-refractivity contribution in [2.45, 2.75) is 109 Å². The number of nitrogens with one attached hydrogen (secondary N) is 2. The van der Waals surface area contributed by atoms with Crippen molar-refractivity contribution in [3.8, 4) is 12.1 Å². The molecule has 5 heterocycles. The number of anilines is 2. The number of thioether (sulfide) groups is 1. The molecule has 0 saturated heterocycles. The molecule has 0 radical (unpaired) electrons. The molecule has 16 nitrogen and oxygen atoms in total. The summed E-state index contributed by atoms with van der Waals surface area (Å²) in [6, 6.07) is 25.2. The van der Waals surface area contributed by atoms with E-state index in [1.807, 2.05) is 46.1 Å². The average Bonchev–Trinajstić information content (AvgIpc) is 2.45. The minimum atomic E-state index is -1.47. The lowest BCUT2D eigenvalue weighted by atomic mass is 9.83. The molecule has 2 fully saturated rings. The van der Waals surface area contributed by atoms with Gasteiger partial charge in [0.15, 0.2) is 0 Å². The topological polar surface area (TPSA) is 225 Å². The summed E-state index contributed by atoms with van der Waals surface area (Å²) in [6.07, 6.45) is 15.8. The third kappa shape index (κ3) is 15.3. The van der Waals surface area contributed by atoms with Crippen molar-refractivity contribution in [2.24, 2.45) is 10.8 Å². The van der Waals surface area contributed by atoms with E-state index in [0.29, 0.717) is 64.3 Å². The molecule has 4 aromatic carbocycles. The molecule has 11 rings (SSSR count). The quantitative estimate of drug-likeness (QED) is 0.0521. The largest absolute Gasteiger partial charge is 0.491 e. The number of aromatic nitrogens is 10. The molecule has 2 aliphatic rings. The first-order valence-electron chi connectivity index (χ1n) is 28.0. The van der Waals surface area contributed by atoms with Crippen LogP contribution in [0.2, 0.25) is 0 Å². The van der Waals surface area contributed by atoms with Crippen LogP contribution in [0.1, 0.15) is 139 Å². The monoisotopic (exact) mass is 1260 g/mol. The van der Waals surface area contributed by atoms with E-state index in [2.05, 4.69) is 137 Å². The summed E-state index contributed by atoms with van der Waals surface area (Å²) in [6.45, 7) is 14.1. The van der Waals surface area contributed by atoms with Crippen LogP contribution in [-0.2, 0) is 12.8 Å². The summed E-state index contributed by atoms with van der Waals surface area (Å²) >= 11 is 8.88. The molecule has 0 bridgehead atoms. The Hall–Kier alpha value is -7.21. The van der Waals surface area contributed by atoms with E-state index in [1.54, 1.807) is 36.7 Å². The lowest BCUT2D eigenvalue weighted by Crippen LogP contribution is -2.30. The average molecular weight is 1270 g/mol. The highest BCUT2D eigenvalue weighted by Crippen LogP contribution is 2.43. The predicted molar refractivity (Wildman–Crippen MR) is 328 cm³/mol. The number of hydrogen-bond donors (Lipinski definition) is 4. The molecule has 0 aliphatic heterocycles. The number of hydrogen-bond acceptors (Lipinski definition) is 15. The number of pyridine rings is 2. The Labute approximate surface area is 505 Å². The first-order chi connectivity index (χ1) is 40.4. The molecule has 0 amide bonds. The van der Waals surface area contributed by atoms with Crippen molar-refractivity contribution >= 4 is 89.4 Å². The van der Waals surface area contributed by atoms with Gasteiger partial charge >= 0.3 is 7.12 Å². The summed E-state index contributed by atoms with van der Waals surface area (Å²) in [5, 5.41) is 63.7. The summed E-state index contributed by atoms with van der Waals surface area (Å²) in [5.41, 5.74) is 8.18. The molecule has 4 N–H and O–H groups in total. The molecule has 9 aromatic rings. The summed E-state index contributed by atoms with van der Waals surface area (Å²) in [5.74, 6) is -3.34. The van der Waals surface area contributed by atoms with Crippen LogP contribution in [-0.4, -0.2) is 86.4 Å². The van der Waals surface area contributed by atoms with Crippen LogP contribution >= 0.6 is 43.6 Å². The molecule has 0 unspecified atom stereocenters. The van der Waals surface area contributed by atoms with Crippen LogP contribution in [0.25, 0.3) is 21.8 Å². The van der Waals surface area contributed by atoms with Crippen molar-refractivity contribution in [1.29, 1.82) is 10.5 Å². The van der Waals surface area contributed by atoms with Crippen LogP contribution < -0.4 is 16.1 Å². The second kappa shape index (κ2) is 26.2. The molecule has 2 atom stereocenters. The van der Waals surface area contributed by atoms with Gasteiger partial charge in [0.1, 0.15) is 40.8 Å². The zero-order valence-corrected chi connectivity index (χ0v) is 51.0. The molecule has 426 valence electrons. The molecule has 83 heavy (non-hydrogen) atoms. The molecular formula is C61H63BBr2F2N14O2S. The molecule has 0 spiro atoms. The minimum Gasteiger partial charge on any atom is -0.423 e. The Bertz CT molecular complexity index is 3940. The van der Waals surface area contributed by atoms with Gasteiger partial charge in [-0.3, -0.25) is 9.97 Å². The Morgan fingerprint density at radius 3 is 1.63 bits per heavy atom. The van der Waals surface area contributed by atoms with Gasteiger partial charge in [0, 0.05) is 83.8 Å². The highest BCUT2D eigenvalue weighted by molar-refractivity contribution is 9.11. The predicted octanol–water partition coefficient (Wildman–Crippen LogP) is 12.4. The van der Waals surface area contributed by atoms with Crippen LogP contribution in [0.5, 0.6) is 0 Å². The second-order valence-corrected chi connectivity index (χ2v) is 25.4. The summed E-state index contributed by atoms with van der Waals surface area (Å²) < 4.78 is 52.5. The maximum atomic E-state index is 13.9. The van der Waals surface area contributed by atoms with Crippen LogP contribution in [0.15, 0.2) is 124 Å². The normalized spacial score (nSPS) is 15.0. The molecule has 22 heteroatoms. The van der Waals surface area contributed by atoms with E-state index in [-0.39, 0.29) is 35.3 Å².